The zero-order valence-corrected chi connectivity index (χ0v) is 16.8. The third kappa shape index (κ3) is 4.43. The third-order valence-electron chi connectivity index (χ3n) is 5.72. The van der Waals surface area contributed by atoms with Gasteiger partial charge < -0.3 is 9.32 Å². The van der Waals surface area contributed by atoms with Gasteiger partial charge in [-0.3, -0.25) is 14.3 Å². The molecule has 0 aliphatic carbocycles. The van der Waals surface area contributed by atoms with Gasteiger partial charge in [0.25, 0.3) is 0 Å². The second kappa shape index (κ2) is 8.66. The van der Waals surface area contributed by atoms with Crippen molar-refractivity contribution in [3.05, 3.63) is 70.2 Å². The monoisotopic (exact) mass is 393 g/mol. The van der Waals surface area contributed by atoms with Crippen LogP contribution in [0.15, 0.2) is 57.7 Å². The lowest BCUT2D eigenvalue weighted by Gasteiger charge is -2.22. The molecule has 6 nitrogen and oxygen atoms in total. The van der Waals surface area contributed by atoms with E-state index < -0.39 is 5.76 Å². The summed E-state index contributed by atoms with van der Waals surface area (Å²) >= 11 is 0. The third-order valence-corrected chi connectivity index (χ3v) is 5.72. The topological polar surface area (TPSA) is 58.7 Å². The Morgan fingerprint density at radius 3 is 2.66 bits per heavy atom. The molecule has 1 fully saturated rings. The van der Waals surface area contributed by atoms with Crippen molar-refractivity contribution in [2.75, 3.05) is 26.2 Å². The maximum absolute atomic E-state index is 12.8. The van der Waals surface area contributed by atoms with Crippen molar-refractivity contribution in [1.82, 2.24) is 14.4 Å². The first-order valence-corrected chi connectivity index (χ1v) is 10.2. The number of oxazole rings is 1. The van der Waals surface area contributed by atoms with Gasteiger partial charge in [-0.1, -0.05) is 36.4 Å². The summed E-state index contributed by atoms with van der Waals surface area (Å²) < 4.78 is 6.80. The molecule has 0 unspecified atom stereocenters. The van der Waals surface area contributed by atoms with Crippen molar-refractivity contribution in [1.29, 1.82) is 0 Å². The first-order valence-electron chi connectivity index (χ1n) is 10.2. The summed E-state index contributed by atoms with van der Waals surface area (Å²) in [6, 6.07) is 15.8. The number of aryl methyl sites for hydroxylation is 2. The summed E-state index contributed by atoms with van der Waals surface area (Å²) in [5, 5.41) is 0. The highest BCUT2D eigenvalue weighted by Gasteiger charge is 2.20. The Labute approximate surface area is 170 Å². The molecular formula is C23H27N3O3. The minimum atomic E-state index is -0.403. The van der Waals surface area contributed by atoms with Gasteiger partial charge in [0.15, 0.2) is 5.58 Å². The number of fused-ring (bicyclic) bond motifs is 1. The van der Waals surface area contributed by atoms with Gasteiger partial charge in [0.1, 0.15) is 0 Å². The van der Waals surface area contributed by atoms with Crippen LogP contribution in [0.25, 0.3) is 11.1 Å². The quantitative estimate of drug-likeness (QED) is 0.669. The second-order valence-electron chi connectivity index (χ2n) is 7.67. The standard InChI is InChI=1S/C23H27N3O3/c1-18-7-2-3-8-19(18)17-24-12-6-13-25(16-15-24)22(27)11-14-26-20-9-4-5-10-21(20)29-23(26)28/h2-5,7-10H,6,11-17H2,1H3. The lowest BCUT2D eigenvalue weighted by atomic mass is 10.1. The summed E-state index contributed by atoms with van der Waals surface area (Å²) in [6.07, 6.45) is 1.27. The van der Waals surface area contributed by atoms with Gasteiger partial charge in [0, 0.05) is 45.7 Å². The Kier molecular flexibility index (Phi) is 5.81. The zero-order chi connectivity index (χ0) is 20.2. The molecule has 0 spiro atoms. The molecule has 3 aromatic rings. The fourth-order valence-corrected chi connectivity index (χ4v) is 4.00. The normalized spacial score (nSPS) is 15.6. The molecule has 1 amide bonds. The van der Waals surface area contributed by atoms with Crippen molar-refractivity contribution in [2.45, 2.75) is 32.9 Å². The molecule has 1 aromatic heterocycles. The number of amides is 1. The summed E-state index contributed by atoms with van der Waals surface area (Å²) in [7, 11) is 0. The number of aromatic nitrogens is 1. The first-order chi connectivity index (χ1) is 14.1. The molecule has 1 saturated heterocycles. The Balaban J connectivity index is 1.34. The predicted molar refractivity (Wildman–Crippen MR) is 113 cm³/mol. The maximum atomic E-state index is 12.8. The molecule has 0 saturated carbocycles. The summed E-state index contributed by atoms with van der Waals surface area (Å²) in [4.78, 5) is 29.2. The van der Waals surface area contributed by atoms with Crippen LogP contribution >= 0.6 is 0 Å². The largest absolute Gasteiger partial charge is 0.419 e. The van der Waals surface area contributed by atoms with Crippen molar-refractivity contribution >= 4 is 17.0 Å². The van der Waals surface area contributed by atoms with Gasteiger partial charge in [0.2, 0.25) is 5.91 Å². The SMILES string of the molecule is Cc1ccccc1CN1CCCN(C(=O)CCn2c(=O)oc3ccccc32)CC1. The smallest absolute Gasteiger partial charge is 0.408 e. The van der Waals surface area contributed by atoms with Crippen LogP contribution in [0.1, 0.15) is 24.0 Å². The number of rotatable bonds is 5. The fourth-order valence-electron chi connectivity index (χ4n) is 4.00. The zero-order valence-electron chi connectivity index (χ0n) is 16.8. The van der Waals surface area contributed by atoms with Crippen LogP contribution in [-0.4, -0.2) is 46.5 Å². The Morgan fingerprint density at radius 2 is 1.79 bits per heavy atom. The molecular weight excluding hydrogens is 366 g/mol. The van der Waals surface area contributed by atoms with Gasteiger partial charge in [-0.25, -0.2) is 4.79 Å². The number of carbonyl (C=O) groups excluding carboxylic acids is 1. The highest BCUT2D eigenvalue weighted by molar-refractivity contribution is 5.77. The maximum Gasteiger partial charge on any atom is 0.419 e. The molecule has 152 valence electrons. The number of carbonyl (C=O) groups is 1. The minimum absolute atomic E-state index is 0.0972. The highest BCUT2D eigenvalue weighted by atomic mass is 16.4. The average Bonchev–Trinajstić information content (AvgIpc) is 2.88. The Morgan fingerprint density at radius 1 is 1.00 bits per heavy atom. The second-order valence-corrected chi connectivity index (χ2v) is 7.67. The number of para-hydroxylation sites is 2. The fraction of sp³-hybridized carbons (Fsp3) is 0.391. The van der Waals surface area contributed by atoms with E-state index in [0.29, 0.717) is 18.5 Å². The van der Waals surface area contributed by atoms with E-state index >= 15 is 0 Å². The van der Waals surface area contributed by atoms with Gasteiger partial charge >= 0.3 is 5.76 Å². The van der Waals surface area contributed by atoms with Crippen LogP contribution in [0.2, 0.25) is 0 Å². The molecule has 0 radical (unpaired) electrons. The van der Waals surface area contributed by atoms with E-state index in [1.54, 1.807) is 10.6 Å². The minimum Gasteiger partial charge on any atom is -0.408 e. The highest BCUT2D eigenvalue weighted by Crippen LogP contribution is 2.15. The van der Waals surface area contributed by atoms with Gasteiger partial charge in [-0.05, 0) is 36.6 Å². The van der Waals surface area contributed by atoms with Gasteiger partial charge in [0.05, 0.1) is 5.52 Å². The lowest BCUT2D eigenvalue weighted by Crippen LogP contribution is -2.35. The molecule has 2 aromatic carbocycles. The molecule has 0 N–H and O–H groups in total. The van der Waals surface area contributed by atoms with Crippen molar-refractivity contribution in [3.63, 3.8) is 0 Å². The van der Waals surface area contributed by atoms with Crippen LogP contribution in [0, 0.1) is 6.92 Å². The van der Waals surface area contributed by atoms with E-state index in [1.165, 1.54) is 11.1 Å². The molecule has 0 bridgehead atoms. The van der Waals surface area contributed by atoms with E-state index in [4.69, 9.17) is 4.42 Å². The summed E-state index contributed by atoms with van der Waals surface area (Å²) in [5.41, 5.74) is 3.96. The first kappa shape index (κ1) is 19.5. The molecule has 0 atom stereocenters. The number of benzene rings is 2. The van der Waals surface area contributed by atoms with Crippen LogP contribution in [0.5, 0.6) is 0 Å². The summed E-state index contributed by atoms with van der Waals surface area (Å²) in [5.74, 6) is -0.306. The van der Waals surface area contributed by atoms with Crippen LogP contribution < -0.4 is 5.76 Å². The predicted octanol–water partition coefficient (Wildman–Crippen LogP) is 3.03. The molecule has 1 aliphatic rings. The number of nitrogens with zero attached hydrogens (tertiary/aromatic N) is 3. The number of hydrogen-bond acceptors (Lipinski definition) is 4. The molecule has 1 aliphatic heterocycles. The van der Waals surface area contributed by atoms with Crippen molar-refractivity contribution < 1.29 is 9.21 Å². The van der Waals surface area contributed by atoms with E-state index in [9.17, 15) is 9.59 Å². The van der Waals surface area contributed by atoms with E-state index in [1.807, 2.05) is 23.1 Å². The molecule has 2 heterocycles. The van der Waals surface area contributed by atoms with Crippen LogP contribution in [-0.2, 0) is 17.9 Å². The summed E-state index contributed by atoms with van der Waals surface area (Å²) in [6.45, 7) is 6.77. The van der Waals surface area contributed by atoms with Crippen LogP contribution in [0.4, 0.5) is 0 Å². The average molecular weight is 393 g/mol. The molecule has 29 heavy (non-hydrogen) atoms. The lowest BCUT2D eigenvalue weighted by molar-refractivity contribution is -0.131. The molecule has 4 rings (SSSR count). The Hall–Kier alpha value is -2.86. The van der Waals surface area contributed by atoms with Crippen molar-refractivity contribution in [2.24, 2.45) is 0 Å². The van der Waals surface area contributed by atoms with Gasteiger partial charge in [-0.2, -0.15) is 0 Å². The van der Waals surface area contributed by atoms with E-state index in [0.717, 1.165) is 44.7 Å². The van der Waals surface area contributed by atoms with Gasteiger partial charge in [-0.15, -0.1) is 0 Å². The van der Waals surface area contributed by atoms with E-state index in [-0.39, 0.29) is 5.91 Å². The Bertz CT molecular complexity index is 1050. The molecule has 6 heteroatoms. The number of hydrogen-bond donors (Lipinski definition) is 0. The van der Waals surface area contributed by atoms with Crippen LogP contribution in [0.3, 0.4) is 0 Å². The van der Waals surface area contributed by atoms with E-state index in [2.05, 4.69) is 36.1 Å². The van der Waals surface area contributed by atoms with Crippen molar-refractivity contribution in [3.8, 4) is 0 Å².